The Kier molecular flexibility index (Phi) is 4.29. The molecule has 0 fully saturated rings. The molecule has 7 nitrogen and oxygen atoms in total. The van der Waals surface area contributed by atoms with Gasteiger partial charge in [0.25, 0.3) is 0 Å². The van der Waals surface area contributed by atoms with E-state index >= 15 is 0 Å². The van der Waals surface area contributed by atoms with E-state index in [1.807, 2.05) is 13.0 Å². The van der Waals surface area contributed by atoms with Crippen molar-refractivity contribution in [1.29, 1.82) is 5.26 Å². The van der Waals surface area contributed by atoms with Crippen LogP contribution < -0.4 is 15.8 Å². The molecule has 0 amide bonds. The number of hydrogen-bond acceptors (Lipinski definition) is 7. The molecule has 0 aliphatic rings. The van der Waals surface area contributed by atoms with Gasteiger partial charge in [-0.3, -0.25) is 0 Å². The van der Waals surface area contributed by atoms with E-state index in [0.717, 1.165) is 6.42 Å². The van der Waals surface area contributed by atoms with Crippen LogP contribution >= 0.6 is 0 Å². The zero-order chi connectivity index (χ0) is 14.4. The molecule has 0 atom stereocenters. The highest BCUT2D eigenvalue weighted by Gasteiger charge is 2.07. The Hall–Kier alpha value is -2.88. The number of rotatable bonds is 5. The summed E-state index contributed by atoms with van der Waals surface area (Å²) in [7, 11) is 0. The van der Waals surface area contributed by atoms with Crippen molar-refractivity contribution in [1.82, 2.24) is 15.0 Å². The summed E-state index contributed by atoms with van der Waals surface area (Å²) in [6.45, 7) is 2.48. The Morgan fingerprint density at radius 1 is 1.30 bits per heavy atom. The fourth-order valence-corrected chi connectivity index (χ4v) is 1.50. The molecule has 2 rings (SSSR count). The van der Waals surface area contributed by atoms with E-state index in [2.05, 4.69) is 26.3 Å². The Morgan fingerprint density at radius 3 is 2.85 bits per heavy atom. The molecule has 1 aromatic heterocycles. The third-order valence-corrected chi connectivity index (χ3v) is 2.36. The van der Waals surface area contributed by atoms with E-state index in [1.165, 1.54) is 0 Å². The number of nitrogens with one attached hydrogen (secondary N) is 1. The van der Waals surface area contributed by atoms with Crippen LogP contribution in [0.25, 0.3) is 0 Å². The predicted molar refractivity (Wildman–Crippen MR) is 74.5 cm³/mol. The van der Waals surface area contributed by atoms with Crippen molar-refractivity contribution >= 4 is 17.6 Å². The van der Waals surface area contributed by atoms with Crippen LogP contribution in [-0.4, -0.2) is 21.6 Å². The summed E-state index contributed by atoms with van der Waals surface area (Å²) >= 11 is 0. The number of nitrogens with two attached hydrogens (primary N) is 1. The molecule has 102 valence electrons. The molecule has 1 aromatic carbocycles. The zero-order valence-corrected chi connectivity index (χ0v) is 11.0. The van der Waals surface area contributed by atoms with E-state index in [0.29, 0.717) is 17.9 Å². The van der Waals surface area contributed by atoms with Gasteiger partial charge in [0.1, 0.15) is 6.07 Å². The summed E-state index contributed by atoms with van der Waals surface area (Å²) in [6.07, 6.45) is 0.839. The van der Waals surface area contributed by atoms with Gasteiger partial charge < -0.3 is 15.8 Å². The smallest absolute Gasteiger partial charge is 0.323 e. The number of nitrogens with zero attached hydrogens (tertiary/aromatic N) is 4. The van der Waals surface area contributed by atoms with Crippen LogP contribution in [0.3, 0.4) is 0 Å². The van der Waals surface area contributed by atoms with E-state index in [1.54, 1.807) is 18.2 Å². The second-order valence-electron chi connectivity index (χ2n) is 3.93. The number of nitriles is 1. The number of ether oxygens (including phenoxy) is 1. The highest BCUT2D eigenvalue weighted by Crippen LogP contribution is 2.19. The minimum Gasteiger partial charge on any atom is -0.463 e. The lowest BCUT2D eigenvalue weighted by molar-refractivity contribution is 0.292. The third kappa shape index (κ3) is 3.32. The Bertz CT molecular complexity index is 637. The molecule has 0 saturated heterocycles. The Labute approximate surface area is 116 Å². The number of anilines is 3. The van der Waals surface area contributed by atoms with E-state index in [4.69, 9.17) is 15.7 Å². The number of benzene rings is 1. The molecule has 7 heteroatoms. The average Bonchev–Trinajstić information content (AvgIpc) is 2.45. The standard InChI is InChI=1S/C13H14N6O/c1-2-7-20-13-18-11(15)17-12(19-13)16-10-6-4-3-5-9(10)8-14/h3-6H,2,7H2,1H3,(H3,15,16,17,18,19). The van der Waals surface area contributed by atoms with Gasteiger partial charge in [0.2, 0.25) is 11.9 Å². The Balaban J connectivity index is 2.25. The van der Waals surface area contributed by atoms with Gasteiger partial charge >= 0.3 is 6.01 Å². The fraction of sp³-hybridized carbons (Fsp3) is 0.231. The van der Waals surface area contributed by atoms with Gasteiger partial charge in [-0.15, -0.1) is 0 Å². The summed E-state index contributed by atoms with van der Waals surface area (Å²) in [5, 5.41) is 12.0. The number of aromatic nitrogens is 3. The minimum atomic E-state index is 0.0584. The lowest BCUT2D eigenvalue weighted by Gasteiger charge is -2.08. The fourth-order valence-electron chi connectivity index (χ4n) is 1.50. The van der Waals surface area contributed by atoms with Crippen LogP contribution in [0.1, 0.15) is 18.9 Å². The predicted octanol–water partition coefficient (Wildman–Crippen LogP) is 1.86. The summed E-state index contributed by atoms with van der Waals surface area (Å²) in [5.74, 6) is 0.300. The van der Waals surface area contributed by atoms with Crippen molar-refractivity contribution in [3.8, 4) is 12.1 Å². The monoisotopic (exact) mass is 270 g/mol. The maximum atomic E-state index is 9.03. The molecular weight excluding hydrogens is 256 g/mol. The molecule has 0 saturated carbocycles. The van der Waals surface area contributed by atoms with Crippen molar-refractivity contribution in [2.45, 2.75) is 13.3 Å². The second-order valence-corrected chi connectivity index (χ2v) is 3.93. The quantitative estimate of drug-likeness (QED) is 0.853. The lowest BCUT2D eigenvalue weighted by Crippen LogP contribution is -2.07. The SMILES string of the molecule is CCCOc1nc(N)nc(Nc2ccccc2C#N)n1. The average molecular weight is 270 g/mol. The highest BCUT2D eigenvalue weighted by molar-refractivity contribution is 5.63. The van der Waals surface area contributed by atoms with Crippen molar-refractivity contribution in [2.24, 2.45) is 0 Å². The van der Waals surface area contributed by atoms with Crippen molar-refractivity contribution < 1.29 is 4.74 Å². The molecule has 0 spiro atoms. The first-order chi connectivity index (χ1) is 9.72. The molecule has 0 aliphatic heterocycles. The van der Waals surface area contributed by atoms with E-state index in [9.17, 15) is 0 Å². The van der Waals surface area contributed by atoms with Crippen LogP contribution in [0.2, 0.25) is 0 Å². The van der Waals surface area contributed by atoms with E-state index in [-0.39, 0.29) is 17.9 Å². The summed E-state index contributed by atoms with van der Waals surface area (Å²) < 4.78 is 5.32. The van der Waals surface area contributed by atoms with Gasteiger partial charge in [-0.25, -0.2) is 0 Å². The second kappa shape index (κ2) is 6.33. The molecular formula is C13H14N6O. The van der Waals surface area contributed by atoms with Crippen LogP contribution in [0.15, 0.2) is 24.3 Å². The maximum absolute atomic E-state index is 9.03. The van der Waals surface area contributed by atoms with Gasteiger partial charge in [0.05, 0.1) is 17.9 Å². The number of para-hydroxylation sites is 1. The van der Waals surface area contributed by atoms with Crippen molar-refractivity contribution in [3.63, 3.8) is 0 Å². The molecule has 0 aliphatic carbocycles. The molecule has 0 radical (unpaired) electrons. The molecule has 1 heterocycles. The van der Waals surface area contributed by atoms with Gasteiger partial charge in [-0.05, 0) is 18.6 Å². The molecule has 2 aromatic rings. The first-order valence-corrected chi connectivity index (χ1v) is 6.13. The van der Waals surface area contributed by atoms with Crippen molar-refractivity contribution in [3.05, 3.63) is 29.8 Å². The van der Waals surface area contributed by atoms with Crippen molar-refractivity contribution in [2.75, 3.05) is 17.7 Å². The molecule has 20 heavy (non-hydrogen) atoms. The summed E-state index contributed by atoms with van der Waals surface area (Å²) in [5.41, 5.74) is 6.70. The zero-order valence-electron chi connectivity index (χ0n) is 11.0. The highest BCUT2D eigenvalue weighted by atomic mass is 16.5. The van der Waals surface area contributed by atoms with Gasteiger partial charge in [-0.2, -0.15) is 20.2 Å². The largest absolute Gasteiger partial charge is 0.463 e. The topological polar surface area (TPSA) is 110 Å². The van der Waals surface area contributed by atoms with Gasteiger partial charge in [0, 0.05) is 0 Å². The van der Waals surface area contributed by atoms with Gasteiger partial charge in [0.15, 0.2) is 0 Å². The van der Waals surface area contributed by atoms with Gasteiger partial charge in [-0.1, -0.05) is 19.1 Å². The van der Waals surface area contributed by atoms with E-state index < -0.39 is 0 Å². The number of hydrogen-bond donors (Lipinski definition) is 2. The summed E-state index contributed by atoms with van der Waals surface area (Å²) in [4.78, 5) is 11.9. The summed E-state index contributed by atoms with van der Waals surface area (Å²) in [6, 6.07) is 9.28. The Morgan fingerprint density at radius 2 is 2.10 bits per heavy atom. The van der Waals surface area contributed by atoms with Crippen LogP contribution in [-0.2, 0) is 0 Å². The third-order valence-electron chi connectivity index (χ3n) is 2.36. The minimum absolute atomic E-state index is 0.0584. The maximum Gasteiger partial charge on any atom is 0.323 e. The molecule has 0 unspecified atom stereocenters. The van der Waals surface area contributed by atoms with Crippen LogP contribution in [0, 0.1) is 11.3 Å². The molecule has 0 bridgehead atoms. The normalized spacial score (nSPS) is 9.80. The van der Waals surface area contributed by atoms with Crippen LogP contribution in [0.5, 0.6) is 6.01 Å². The lowest BCUT2D eigenvalue weighted by atomic mass is 10.2. The first-order valence-electron chi connectivity index (χ1n) is 6.13. The van der Waals surface area contributed by atoms with Crippen LogP contribution in [0.4, 0.5) is 17.6 Å². The number of nitrogen functional groups attached to an aromatic ring is 1. The first kappa shape index (κ1) is 13.5. The molecule has 3 N–H and O–H groups in total.